The lowest BCUT2D eigenvalue weighted by Crippen LogP contribution is -2.45. The van der Waals surface area contributed by atoms with Gasteiger partial charge in [0.15, 0.2) is 0 Å². The average Bonchev–Trinajstić information content (AvgIpc) is 2.54. The topological polar surface area (TPSA) is 15.3 Å². The molecule has 1 aliphatic heterocycles. The largest absolute Gasteiger partial charge is 0.314 e. The highest BCUT2D eigenvalue weighted by molar-refractivity contribution is 6.42. The molecule has 0 spiro atoms. The van der Waals surface area contributed by atoms with Gasteiger partial charge in [-0.25, -0.2) is 8.78 Å². The third-order valence-electron chi connectivity index (χ3n) is 4.03. The Kier molecular flexibility index (Phi) is 5.17. The number of benzene rings is 2. The van der Waals surface area contributed by atoms with Crippen LogP contribution in [-0.4, -0.2) is 31.1 Å². The predicted octanol–water partition coefficient (Wildman–Crippen LogP) is 4.27. The molecule has 1 N–H and O–H groups in total. The van der Waals surface area contributed by atoms with Gasteiger partial charge in [-0.2, -0.15) is 0 Å². The molecule has 3 rings (SSSR count). The Balaban J connectivity index is 2.07. The van der Waals surface area contributed by atoms with Crippen LogP contribution in [0, 0.1) is 11.6 Å². The lowest BCUT2D eigenvalue weighted by atomic mass is 9.96. The van der Waals surface area contributed by atoms with Crippen LogP contribution in [0.1, 0.15) is 17.2 Å². The smallest absolute Gasteiger partial charge is 0.131 e. The minimum Gasteiger partial charge on any atom is -0.314 e. The van der Waals surface area contributed by atoms with Crippen molar-refractivity contribution in [2.24, 2.45) is 0 Å². The van der Waals surface area contributed by atoms with Crippen LogP contribution in [0.3, 0.4) is 0 Å². The van der Waals surface area contributed by atoms with Gasteiger partial charge < -0.3 is 5.32 Å². The summed E-state index contributed by atoms with van der Waals surface area (Å²) in [4.78, 5) is 2.16. The molecule has 0 aliphatic carbocycles. The first kappa shape index (κ1) is 16.7. The first-order valence-electron chi connectivity index (χ1n) is 7.41. The van der Waals surface area contributed by atoms with E-state index in [1.165, 1.54) is 12.1 Å². The van der Waals surface area contributed by atoms with Crippen LogP contribution in [0.5, 0.6) is 0 Å². The van der Waals surface area contributed by atoms with Crippen LogP contribution >= 0.6 is 23.2 Å². The van der Waals surface area contributed by atoms with Gasteiger partial charge in [0.2, 0.25) is 0 Å². The van der Waals surface area contributed by atoms with E-state index in [2.05, 4.69) is 10.2 Å². The number of hydrogen-bond donors (Lipinski definition) is 1. The summed E-state index contributed by atoms with van der Waals surface area (Å²) >= 11 is 12.1. The van der Waals surface area contributed by atoms with Gasteiger partial charge in [-0.15, -0.1) is 0 Å². The second-order valence-corrected chi connectivity index (χ2v) is 6.34. The molecule has 1 atom stereocenters. The molecule has 2 aromatic rings. The monoisotopic (exact) mass is 356 g/mol. The van der Waals surface area contributed by atoms with Crippen LogP contribution < -0.4 is 5.32 Å². The van der Waals surface area contributed by atoms with E-state index >= 15 is 0 Å². The summed E-state index contributed by atoms with van der Waals surface area (Å²) < 4.78 is 27.7. The van der Waals surface area contributed by atoms with Crippen LogP contribution in [0.2, 0.25) is 10.0 Å². The zero-order valence-corrected chi connectivity index (χ0v) is 13.8. The van der Waals surface area contributed by atoms with Crippen molar-refractivity contribution in [3.63, 3.8) is 0 Å². The van der Waals surface area contributed by atoms with Gasteiger partial charge in [0.25, 0.3) is 0 Å². The molecule has 1 saturated heterocycles. The van der Waals surface area contributed by atoms with Gasteiger partial charge in [-0.1, -0.05) is 35.3 Å². The summed E-state index contributed by atoms with van der Waals surface area (Å²) in [6.45, 7) is 3.17. The molecule has 0 aromatic heterocycles. The number of nitrogens with zero attached hydrogens (tertiary/aromatic N) is 1. The summed E-state index contributed by atoms with van der Waals surface area (Å²) in [6.07, 6.45) is 0. The van der Waals surface area contributed by atoms with Crippen LogP contribution in [0.25, 0.3) is 0 Å². The zero-order chi connectivity index (χ0) is 16.4. The summed E-state index contributed by atoms with van der Waals surface area (Å²) in [5, 5.41) is 4.15. The molecule has 2 nitrogen and oxygen atoms in total. The van der Waals surface area contributed by atoms with Gasteiger partial charge >= 0.3 is 0 Å². The Morgan fingerprint density at radius 2 is 1.70 bits per heavy atom. The molecule has 0 radical (unpaired) electrons. The number of hydrogen-bond acceptors (Lipinski definition) is 2. The maximum absolute atomic E-state index is 14.4. The van der Waals surface area contributed by atoms with Crippen LogP contribution in [0.15, 0.2) is 36.4 Å². The highest BCUT2D eigenvalue weighted by Crippen LogP contribution is 2.34. The number of halogens is 4. The Labute approximate surface area is 144 Å². The van der Waals surface area contributed by atoms with E-state index < -0.39 is 11.6 Å². The van der Waals surface area contributed by atoms with Gasteiger partial charge in [-0.05, 0) is 23.8 Å². The number of rotatable bonds is 3. The minimum atomic E-state index is -0.584. The molecule has 1 aliphatic rings. The molecule has 1 heterocycles. The van der Waals surface area contributed by atoms with Gasteiger partial charge in [0.05, 0.1) is 16.1 Å². The molecule has 122 valence electrons. The normalized spacial score (nSPS) is 17.2. The van der Waals surface area contributed by atoms with Crippen molar-refractivity contribution in [1.82, 2.24) is 10.2 Å². The molecule has 6 heteroatoms. The van der Waals surface area contributed by atoms with Crippen molar-refractivity contribution in [2.45, 2.75) is 6.04 Å². The fraction of sp³-hybridized carbons (Fsp3) is 0.294. The van der Waals surface area contributed by atoms with Crippen LogP contribution in [0.4, 0.5) is 8.78 Å². The summed E-state index contributed by atoms with van der Waals surface area (Å²) in [6, 6.07) is 8.67. The molecule has 0 bridgehead atoms. The van der Waals surface area contributed by atoms with Gasteiger partial charge in [0.1, 0.15) is 11.6 Å². The van der Waals surface area contributed by atoms with E-state index in [4.69, 9.17) is 23.2 Å². The van der Waals surface area contributed by atoms with Crippen molar-refractivity contribution in [1.29, 1.82) is 0 Å². The Morgan fingerprint density at radius 3 is 2.35 bits per heavy atom. The highest BCUT2D eigenvalue weighted by atomic mass is 35.5. The number of nitrogens with one attached hydrogen (secondary N) is 1. The molecular weight excluding hydrogens is 341 g/mol. The van der Waals surface area contributed by atoms with Crippen molar-refractivity contribution in [3.05, 3.63) is 69.2 Å². The molecule has 0 saturated carbocycles. The predicted molar refractivity (Wildman–Crippen MR) is 89.1 cm³/mol. The van der Waals surface area contributed by atoms with E-state index in [-0.39, 0.29) is 6.04 Å². The fourth-order valence-corrected chi connectivity index (χ4v) is 3.24. The SMILES string of the molecule is Fc1ccc(C(c2ccc(Cl)c(Cl)c2)N2CCNCC2)c(F)c1. The van der Waals surface area contributed by atoms with Gasteiger partial charge in [0, 0.05) is 37.8 Å². The van der Waals surface area contributed by atoms with Crippen molar-refractivity contribution in [3.8, 4) is 0 Å². The third kappa shape index (κ3) is 3.66. The van der Waals surface area contributed by atoms with Crippen LogP contribution in [-0.2, 0) is 0 Å². The fourth-order valence-electron chi connectivity index (χ4n) is 2.93. The van der Waals surface area contributed by atoms with Crippen molar-refractivity contribution in [2.75, 3.05) is 26.2 Å². The van der Waals surface area contributed by atoms with E-state index in [0.717, 1.165) is 37.8 Å². The standard InChI is InChI=1S/C17H16Cl2F2N2/c18-14-4-1-11(9-15(14)19)17(23-7-5-22-6-8-23)13-3-2-12(20)10-16(13)21/h1-4,9-10,17,22H,5-8H2. The first-order chi connectivity index (χ1) is 11.1. The molecule has 2 aromatic carbocycles. The molecule has 23 heavy (non-hydrogen) atoms. The highest BCUT2D eigenvalue weighted by Gasteiger charge is 2.27. The molecule has 1 fully saturated rings. The Morgan fingerprint density at radius 1 is 0.957 bits per heavy atom. The second-order valence-electron chi connectivity index (χ2n) is 5.53. The second kappa shape index (κ2) is 7.14. The van der Waals surface area contributed by atoms with Crippen molar-refractivity contribution < 1.29 is 8.78 Å². The van der Waals surface area contributed by atoms with E-state index in [9.17, 15) is 8.78 Å². The average molecular weight is 357 g/mol. The quantitative estimate of drug-likeness (QED) is 0.883. The van der Waals surface area contributed by atoms with E-state index in [1.807, 2.05) is 6.07 Å². The first-order valence-corrected chi connectivity index (χ1v) is 8.16. The molecule has 0 amide bonds. The molecule has 1 unspecified atom stereocenters. The Bertz CT molecular complexity index is 703. The van der Waals surface area contributed by atoms with E-state index in [0.29, 0.717) is 15.6 Å². The maximum Gasteiger partial charge on any atom is 0.131 e. The Hall–Kier alpha value is -1.20. The molecular formula is C17H16Cl2F2N2. The maximum atomic E-state index is 14.4. The lowest BCUT2D eigenvalue weighted by Gasteiger charge is -2.35. The summed E-state index contributed by atoms with van der Waals surface area (Å²) in [5.74, 6) is -1.14. The zero-order valence-electron chi connectivity index (χ0n) is 12.3. The summed E-state index contributed by atoms with van der Waals surface area (Å²) in [5.41, 5.74) is 1.28. The van der Waals surface area contributed by atoms with Crippen molar-refractivity contribution >= 4 is 23.2 Å². The lowest BCUT2D eigenvalue weighted by molar-refractivity contribution is 0.195. The third-order valence-corrected chi connectivity index (χ3v) is 4.77. The minimum absolute atomic E-state index is 0.326. The van der Waals surface area contributed by atoms with Gasteiger partial charge in [-0.3, -0.25) is 4.90 Å². The summed E-state index contributed by atoms with van der Waals surface area (Å²) in [7, 11) is 0. The van der Waals surface area contributed by atoms with E-state index in [1.54, 1.807) is 12.1 Å². The number of piperazine rings is 1.